The first-order valence-corrected chi connectivity index (χ1v) is 10.2. The molecule has 1 N–H and O–H groups in total. The number of aliphatic hydroxyl groups excluding tert-OH is 1. The fraction of sp³-hybridized carbons (Fsp3) is 0.571. The molecule has 0 bridgehead atoms. The van der Waals surface area contributed by atoms with Crippen LogP contribution in [0.25, 0.3) is 0 Å². The van der Waals surface area contributed by atoms with Gasteiger partial charge in [0, 0.05) is 49.1 Å². The molecule has 7 heteroatoms. The Morgan fingerprint density at radius 3 is 2.71 bits per heavy atom. The Labute approximate surface area is 171 Å². The number of β-amino-alcohol motifs (C(OH)–C–C–N with tert-alkyl or cyclic N) is 1. The van der Waals surface area contributed by atoms with Crippen LogP contribution in [0.15, 0.2) is 22.7 Å². The summed E-state index contributed by atoms with van der Waals surface area (Å²) in [5.74, 6) is 2.28. The lowest BCUT2D eigenvalue weighted by Gasteiger charge is -2.20. The Hall–Kier alpha value is -1.76. The Kier molecular flexibility index (Phi) is 6.86. The molecule has 0 radical (unpaired) electrons. The predicted octanol–water partition coefficient (Wildman–Crippen LogP) is 3.86. The molecule has 0 amide bonds. The Morgan fingerprint density at radius 1 is 1.29 bits per heavy atom. The first kappa shape index (κ1) is 21.0. The van der Waals surface area contributed by atoms with Gasteiger partial charge in [-0.25, -0.2) is 0 Å². The van der Waals surface area contributed by atoms with Gasteiger partial charge in [-0.3, -0.25) is 4.90 Å². The molecule has 1 saturated heterocycles. The Morgan fingerprint density at radius 2 is 2.07 bits per heavy atom. The molecule has 1 fully saturated rings. The van der Waals surface area contributed by atoms with Gasteiger partial charge >= 0.3 is 0 Å². The molecule has 1 aliphatic rings. The van der Waals surface area contributed by atoms with Crippen molar-refractivity contribution in [1.29, 1.82) is 0 Å². The van der Waals surface area contributed by atoms with Gasteiger partial charge in [-0.1, -0.05) is 16.8 Å². The van der Waals surface area contributed by atoms with E-state index in [4.69, 9.17) is 25.6 Å². The zero-order valence-electron chi connectivity index (χ0n) is 16.9. The second-order valence-electron chi connectivity index (χ2n) is 7.65. The number of aliphatic hydroxyl groups is 1. The largest absolute Gasteiger partial charge is 0.490 e. The second-order valence-corrected chi connectivity index (χ2v) is 8.06. The van der Waals surface area contributed by atoms with Crippen LogP contribution in [-0.2, 0) is 13.0 Å². The average molecular weight is 409 g/mol. The third-order valence-corrected chi connectivity index (χ3v) is 5.14. The normalized spacial score (nSPS) is 20.1. The molecule has 2 heterocycles. The van der Waals surface area contributed by atoms with Gasteiger partial charge in [-0.15, -0.1) is 0 Å². The van der Waals surface area contributed by atoms with Gasteiger partial charge in [0.25, 0.3) is 0 Å². The van der Waals surface area contributed by atoms with Crippen LogP contribution >= 0.6 is 11.6 Å². The third kappa shape index (κ3) is 5.19. The molecule has 0 spiro atoms. The van der Waals surface area contributed by atoms with E-state index >= 15 is 0 Å². The number of aromatic nitrogens is 1. The van der Waals surface area contributed by atoms with Gasteiger partial charge in [0.2, 0.25) is 0 Å². The van der Waals surface area contributed by atoms with Gasteiger partial charge in [0.05, 0.1) is 24.5 Å². The van der Waals surface area contributed by atoms with Crippen LogP contribution in [0, 0.1) is 12.8 Å². The van der Waals surface area contributed by atoms with Gasteiger partial charge < -0.3 is 19.1 Å². The highest BCUT2D eigenvalue weighted by Gasteiger charge is 2.32. The number of hydrogen-bond donors (Lipinski definition) is 1. The Bertz CT molecular complexity index is 793. The molecule has 154 valence electrons. The molecule has 0 aliphatic carbocycles. The lowest BCUT2D eigenvalue weighted by molar-refractivity contribution is 0.137. The van der Waals surface area contributed by atoms with Crippen molar-refractivity contribution < 1.29 is 19.1 Å². The van der Waals surface area contributed by atoms with Gasteiger partial charge in [-0.2, -0.15) is 0 Å². The van der Waals surface area contributed by atoms with Crippen LogP contribution < -0.4 is 9.47 Å². The minimum Gasteiger partial charge on any atom is -0.490 e. The summed E-state index contributed by atoms with van der Waals surface area (Å²) in [4.78, 5) is 2.21. The zero-order chi connectivity index (χ0) is 20.3. The fourth-order valence-corrected chi connectivity index (χ4v) is 3.81. The maximum Gasteiger partial charge on any atom is 0.163 e. The number of hydrogen-bond acceptors (Lipinski definition) is 6. The summed E-state index contributed by atoms with van der Waals surface area (Å²) in [5.41, 5.74) is 1.82. The number of nitrogens with zero attached hydrogens (tertiary/aromatic N) is 2. The van der Waals surface area contributed by atoms with Crippen LogP contribution in [0.4, 0.5) is 0 Å². The number of halogens is 1. The van der Waals surface area contributed by atoms with Crippen LogP contribution in [0.1, 0.15) is 37.8 Å². The molecule has 2 aromatic rings. The molecular formula is C21H29ClN2O4. The predicted molar refractivity (Wildman–Crippen MR) is 108 cm³/mol. The number of rotatable bonds is 8. The van der Waals surface area contributed by atoms with E-state index < -0.39 is 6.10 Å². The minimum absolute atomic E-state index is 0.0373. The SMILES string of the molecule is CCOc1cc(CN2C[C@@H](Cc3cc(C)no3)[C@@H](O)C2)c(Cl)cc1OC(C)C. The van der Waals surface area contributed by atoms with E-state index in [1.807, 2.05) is 45.9 Å². The van der Waals surface area contributed by atoms with Crippen molar-refractivity contribution in [2.45, 2.75) is 52.9 Å². The lowest BCUT2D eigenvalue weighted by atomic mass is 10.0. The maximum absolute atomic E-state index is 10.5. The number of aryl methyl sites for hydroxylation is 1. The van der Waals surface area contributed by atoms with E-state index in [0.717, 1.165) is 23.6 Å². The van der Waals surface area contributed by atoms with Crippen molar-refractivity contribution in [3.05, 3.63) is 40.2 Å². The maximum atomic E-state index is 10.5. The smallest absolute Gasteiger partial charge is 0.163 e. The van der Waals surface area contributed by atoms with Crippen molar-refractivity contribution in [3.8, 4) is 11.5 Å². The number of benzene rings is 1. The average Bonchev–Trinajstić information content (AvgIpc) is 3.17. The summed E-state index contributed by atoms with van der Waals surface area (Å²) in [6.07, 6.45) is 0.312. The fourth-order valence-electron chi connectivity index (χ4n) is 3.60. The first-order chi connectivity index (χ1) is 13.4. The molecule has 28 heavy (non-hydrogen) atoms. The molecule has 2 atom stereocenters. The highest BCUT2D eigenvalue weighted by molar-refractivity contribution is 6.31. The molecular weight excluding hydrogens is 380 g/mol. The highest BCUT2D eigenvalue weighted by atomic mass is 35.5. The van der Waals surface area contributed by atoms with Crippen molar-refractivity contribution in [3.63, 3.8) is 0 Å². The van der Waals surface area contributed by atoms with Crippen molar-refractivity contribution in [2.24, 2.45) is 5.92 Å². The quantitative estimate of drug-likeness (QED) is 0.715. The van der Waals surface area contributed by atoms with Gasteiger partial charge in [0.1, 0.15) is 5.76 Å². The lowest BCUT2D eigenvalue weighted by Crippen LogP contribution is -2.21. The standard InChI is InChI=1S/C21H29ClN2O4/c1-5-26-20-8-15(18(22)9-21(20)27-13(2)3)10-24-11-16(19(25)12-24)7-17-6-14(4)23-28-17/h6,8-9,13,16,19,25H,5,7,10-12H2,1-4H3/t16-,19+/m1/s1. The summed E-state index contributed by atoms with van der Waals surface area (Å²) < 4.78 is 16.9. The third-order valence-electron chi connectivity index (χ3n) is 4.79. The first-order valence-electron chi connectivity index (χ1n) is 9.80. The van der Waals surface area contributed by atoms with E-state index in [9.17, 15) is 5.11 Å². The molecule has 1 aromatic heterocycles. The minimum atomic E-state index is -0.404. The molecule has 1 aliphatic heterocycles. The molecule has 0 saturated carbocycles. The van der Waals surface area contributed by atoms with Crippen LogP contribution in [0.3, 0.4) is 0 Å². The van der Waals surface area contributed by atoms with E-state index in [1.54, 1.807) is 0 Å². The van der Waals surface area contributed by atoms with Gasteiger partial charge in [-0.05, 0) is 39.3 Å². The summed E-state index contributed by atoms with van der Waals surface area (Å²) in [6, 6.07) is 5.69. The van der Waals surface area contributed by atoms with Crippen LogP contribution in [0.2, 0.25) is 5.02 Å². The highest BCUT2D eigenvalue weighted by Crippen LogP contribution is 2.35. The number of likely N-dealkylation sites (tertiary alicyclic amines) is 1. The molecule has 1 aromatic carbocycles. The summed E-state index contributed by atoms with van der Waals surface area (Å²) in [7, 11) is 0. The van der Waals surface area contributed by atoms with Crippen LogP contribution in [-0.4, -0.2) is 47.1 Å². The number of ether oxygens (including phenoxy) is 2. The van der Waals surface area contributed by atoms with Crippen molar-refractivity contribution in [1.82, 2.24) is 10.1 Å². The van der Waals surface area contributed by atoms with Crippen LogP contribution in [0.5, 0.6) is 11.5 Å². The zero-order valence-corrected chi connectivity index (χ0v) is 17.7. The molecule has 0 unspecified atom stereocenters. The summed E-state index contributed by atoms with van der Waals surface area (Å²) in [5, 5.41) is 15.0. The molecule has 3 rings (SSSR count). The Balaban J connectivity index is 1.69. The summed E-state index contributed by atoms with van der Waals surface area (Å²) in [6.45, 7) is 10.3. The van der Waals surface area contributed by atoms with E-state index in [1.165, 1.54) is 0 Å². The van der Waals surface area contributed by atoms with Gasteiger partial charge in [0.15, 0.2) is 11.5 Å². The van der Waals surface area contributed by atoms with Crippen molar-refractivity contribution in [2.75, 3.05) is 19.7 Å². The van der Waals surface area contributed by atoms with E-state index in [-0.39, 0.29) is 12.0 Å². The monoisotopic (exact) mass is 408 g/mol. The topological polar surface area (TPSA) is 68.0 Å². The summed E-state index contributed by atoms with van der Waals surface area (Å²) >= 11 is 6.52. The van der Waals surface area contributed by atoms with Crippen molar-refractivity contribution >= 4 is 11.6 Å². The van der Waals surface area contributed by atoms with E-state index in [0.29, 0.717) is 42.6 Å². The molecule has 6 nitrogen and oxygen atoms in total. The van der Waals surface area contributed by atoms with E-state index in [2.05, 4.69) is 10.1 Å². The second kappa shape index (κ2) is 9.16.